The third-order valence-corrected chi connectivity index (χ3v) is 3.90. The van der Waals surface area contributed by atoms with Crippen LogP contribution in [0.2, 0.25) is 0 Å². The van der Waals surface area contributed by atoms with E-state index in [-0.39, 0.29) is 16.8 Å². The average molecular weight is 301 g/mol. The molecule has 6 nitrogen and oxygen atoms in total. The number of fused-ring (bicyclic) bond motifs is 1. The average Bonchev–Trinajstić information content (AvgIpc) is 2.74. The molecular formula is C14H7NO5S. The first-order chi connectivity index (χ1) is 10.0. The summed E-state index contributed by atoms with van der Waals surface area (Å²) in [5.41, 5.74) is 0.516. The molecule has 7 heteroatoms. The van der Waals surface area contributed by atoms with Crippen molar-refractivity contribution in [1.82, 2.24) is 0 Å². The number of ether oxygens (including phenoxy) is 1. The zero-order valence-corrected chi connectivity index (χ0v) is 11.3. The normalized spacial score (nSPS) is 13.0. The molecule has 0 fully saturated rings. The monoisotopic (exact) mass is 301 g/mol. The molecule has 0 radical (unpaired) electrons. The van der Waals surface area contributed by atoms with Gasteiger partial charge in [-0.2, -0.15) is 0 Å². The molecule has 2 aromatic carbocycles. The van der Waals surface area contributed by atoms with Gasteiger partial charge >= 0.3 is 11.9 Å². The lowest BCUT2D eigenvalue weighted by atomic mass is 10.1. The molecule has 1 aliphatic rings. The minimum atomic E-state index is -0.652. The maximum Gasteiger partial charge on any atom is 0.346 e. The van der Waals surface area contributed by atoms with Gasteiger partial charge in [0, 0.05) is 21.9 Å². The van der Waals surface area contributed by atoms with E-state index in [1.807, 2.05) is 0 Å². The van der Waals surface area contributed by atoms with Gasteiger partial charge in [0.05, 0.1) is 16.1 Å². The topological polar surface area (TPSA) is 86.5 Å². The van der Waals surface area contributed by atoms with E-state index in [0.717, 1.165) is 9.79 Å². The summed E-state index contributed by atoms with van der Waals surface area (Å²) < 4.78 is 4.52. The molecule has 2 aromatic rings. The zero-order chi connectivity index (χ0) is 15.0. The van der Waals surface area contributed by atoms with Crippen molar-refractivity contribution in [2.75, 3.05) is 0 Å². The van der Waals surface area contributed by atoms with Crippen molar-refractivity contribution in [1.29, 1.82) is 0 Å². The van der Waals surface area contributed by atoms with Crippen LogP contribution in [0.4, 0.5) is 5.69 Å². The molecule has 1 aliphatic heterocycles. The van der Waals surface area contributed by atoms with Gasteiger partial charge in [0.2, 0.25) is 0 Å². The number of nitrogens with zero attached hydrogens (tertiary/aromatic N) is 1. The number of carbonyl (C=O) groups excluding carboxylic acids is 2. The Labute approximate surface area is 122 Å². The first-order valence-electron chi connectivity index (χ1n) is 5.87. The van der Waals surface area contributed by atoms with Gasteiger partial charge in [0.1, 0.15) is 0 Å². The third-order valence-electron chi connectivity index (χ3n) is 2.90. The molecule has 21 heavy (non-hydrogen) atoms. The van der Waals surface area contributed by atoms with Crippen LogP contribution in [0.25, 0.3) is 0 Å². The zero-order valence-electron chi connectivity index (χ0n) is 10.4. The van der Waals surface area contributed by atoms with Crippen LogP contribution in [-0.2, 0) is 4.74 Å². The molecule has 3 rings (SSSR count). The number of benzene rings is 2. The van der Waals surface area contributed by atoms with E-state index < -0.39 is 16.9 Å². The fourth-order valence-corrected chi connectivity index (χ4v) is 2.76. The Morgan fingerprint density at radius 2 is 1.52 bits per heavy atom. The Kier molecular flexibility index (Phi) is 3.19. The standard InChI is InChI=1S/C14H7NO5S/c16-13-11-6-5-10(7-12(11)14(17)20-13)21-9-3-1-8(2-4-9)15(18)19/h1-7H. The van der Waals surface area contributed by atoms with Gasteiger partial charge in [-0.25, -0.2) is 9.59 Å². The molecule has 0 unspecified atom stereocenters. The van der Waals surface area contributed by atoms with Gasteiger partial charge in [-0.3, -0.25) is 10.1 Å². The highest BCUT2D eigenvalue weighted by Crippen LogP contribution is 2.32. The Balaban J connectivity index is 1.86. The van der Waals surface area contributed by atoms with Crippen LogP contribution in [0.15, 0.2) is 52.3 Å². The predicted molar refractivity (Wildman–Crippen MR) is 73.4 cm³/mol. The number of carbonyl (C=O) groups is 2. The molecule has 0 aliphatic carbocycles. The lowest BCUT2D eigenvalue weighted by molar-refractivity contribution is -0.384. The van der Waals surface area contributed by atoms with Crippen LogP contribution in [0.1, 0.15) is 20.7 Å². The number of rotatable bonds is 3. The van der Waals surface area contributed by atoms with Gasteiger partial charge in [-0.1, -0.05) is 11.8 Å². The lowest BCUT2D eigenvalue weighted by Gasteiger charge is -2.02. The summed E-state index contributed by atoms with van der Waals surface area (Å²) in [5, 5.41) is 10.6. The summed E-state index contributed by atoms with van der Waals surface area (Å²) in [5.74, 6) is -1.29. The maximum atomic E-state index is 11.5. The predicted octanol–water partition coefficient (Wildman–Crippen LogP) is 3.06. The molecule has 0 saturated carbocycles. The van der Waals surface area contributed by atoms with Crippen molar-refractivity contribution in [3.63, 3.8) is 0 Å². The molecule has 0 spiro atoms. The van der Waals surface area contributed by atoms with Crippen molar-refractivity contribution in [3.05, 3.63) is 63.7 Å². The van der Waals surface area contributed by atoms with E-state index >= 15 is 0 Å². The Hall–Kier alpha value is -2.67. The van der Waals surface area contributed by atoms with Crippen LogP contribution in [0, 0.1) is 10.1 Å². The fraction of sp³-hybridized carbons (Fsp3) is 0. The van der Waals surface area contributed by atoms with Gasteiger partial charge in [-0.15, -0.1) is 0 Å². The molecule has 0 saturated heterocycles. The van der Waals surface area contributed by atoms with E-state index in [0.29, 0.717) is 0 Å². The molecule has 0 amide bonds. The Morgan fingerprint density at radius 1 is 0.905 bits per heavy atom. The van der Waals surface area contributed by atoms with Crippen LogP contribution in [0.5, 0.6) is 0 Å². The van der Waals surface area contributed by atoms with Crippen molar-refractivity contribution in [2.45, 2.75) is 9.79 Å². The maximum absolute atomic E-state index is 11.5. The number of non-ortho nitro benzene ring substituents is 1. The second-order valence-corrected chi connectivity index (χ2v) is 5.38. The van der Waals surface area contributed by atoms with E-state index in [4.69, 9.17) is 0 Å². The van der Waals surface area contributed by atoms with Crippen molar-refractivity contribution in [2.24, 2.45) is 0 Å². The summed E-state index contributed by atoms with van der Waals surface area (Å²) in [4.78, 5) is 34.5. The first kappa shape index (κ1) is 13.3. The second-order valence-electron chi connectivity index (χ2n) is 4.24. The molecular weight excluding hydrogens is 294 g/mol. The van der Waals surface area contributed by atoms with Crippen LogP contribution >= 0.6 is 11.8 Å². The number of hydrogen-bond acceptors (Lipinski definition) is 6. The number of nitro groups is 1. The number of nitro benzene ring substituents is 1. The summed E-state index contributed by atoms with van der Waals surface area (Å²) in [7, 11) is 0. The van der Waals surface area contributed by atoms with Crippen LogP contribution < -0.4 is 0 Å². The SMILES string of the molecule is O=C1OC(=O)c2cc(Sc3ccc([N+](=O)[O-])cc3)ccc21. The van der Waals surface area contributed by atoms with Crippen molar-refractivity contribution in [3.8, 4) is 0 Å². The smallest absolute Gasteiger partial charge is 0.346 e. The summed E-state index contributed by atoms with van der Waals surface area (Å²) in [6.45, 7) is 0. The van der Waals surface area contributed by atoms with E-state index in [1.54, 1.807) is 24.3 Å². The van der Waals surface area contributed by atoms with Gasteiger partial charge in [0.25, 0.3) is 5.69 Å². The summed E-state index contributed by atoms with van der Waals surface area (Å²) in [6, 6.07) is 10.9. The Morgan fingerprint density at radius 3 is 2.19 bits per heavy atom. The molecule has 0 atom stereocenters. The van der Waals surface area contributed by atoms with E-state index in [2.05, 4.69) is 4.74 Å². The molecule has 0 N–H and O–H groups in total. The first-order valence-corrected chi connectivity index (χ1v) is 6.69. The minimum Gasteiger partial charge on any atom is -0.386 e. The molecule has 0 bridgehead atoms. The van der Waals surface area contributed by atoms with Crippen LogP contribution in [-0.4, -0.2) is 16.9 Å². The number of hydrogen-bond donors (Lipinski definition) is 0. The highest BCUT2D eigenvalue weighted by Gasteiger charge is 2.29. The van der Waals surface area contributed by atoms with E-state index in [9.17, 15) is 19.7 Å². The molecule has 104 valence electrons. The van der Waals surface area contributed by atoms with Crippen molar-refractivity contribution >= 4 is 29.4 Å². The lowest BCUT2D eigenvalue weighted by Crippen LogP contribution is -1.96. The highest BCUT2D eigenvalue weighted by molar-refractivity contribution is 7.99. The van der Waals surface area contributed by atoms with E-state index in [1.165, 1.54) is 30.0 Å². The van der Waals surface area contributed by atoms with Gasteiger partial charge < -0.3 is 4.74 Å². The fourth-order valence-electron chi connectivity index (χ4n) is 1.90. The molecule has 0 aromatic heterocycles. The number of esters is 2. The Bertz CT molecular complexity index is 769. The molecule has 1 heterocycles. The summed E-state index contributed by atoms with van der Waals surface area (Å²) in [6.07, 6.45) is 0. The quantitative estimate of drug-likeness (QED) is 0.375. The summed E-state index contributed by atoms with van der Waals surface area (Å²) >= 11 is 1.34. The minimum absolute atomic E-state index is 0.0162. The second kappa shape index (κ2) is 5.02. The van der Waals surface area contributed by atoms with Gasteiger partial charge in [-0.05, 0) is 30.3 Å². The number of cyclic esters (lactones) is 2. The van der Waals surface area contributed by atoms with Gasteiger partial charge in [0.15, 0.2) is 0 Å². The third kappa shape index (κ3) is 2.50. The van der Waals surface area contributed by atoms with Crippen molar-refractivity contribution < 1.29 is 19.2 Å². The highest BCUT2D eigenvalue weighted by atomic mass is 32.2. The largest absolute Gasteiger partial charge is 0.386 e. The van der Waals surface area contributed by atoms with Crippen LogP contribution in [0.3, 0.4) is 0 Å².